The molecule has 1 aliphatic heterocycles. The summed E-state index contributed by atoms with van der Waals surface area (Å²) in [6.07, 6.45) is -1.63. The molecular formula is C19H9B7FNO7S. The van der Waals surface area contributed by atoms with Crippen molar-refractivity contribution < 1.29 is 36.1 Å². The van der Waals surface area contributed by atoms with E-state index in [1.54, 1.807) is 0 Å². The van der Waals surface area contributed by atoms with Crippen molar-refractivity contribution in [2.45, 2.75) is 10.6 Å². The van der Waals surface area contributed by atoms with E-state index in [9.17, 15) is 22.4 Å². The van der Waals surface area contributed by atoms with Crippen LogP contribution in [0.25, 0.3) is 0 Å². The molecule has 0 aromatic heterocycles. The number of ether oxygens (including phenoxy) is 2. The van der Waals surface area contributed by atoms with Crippen molar-refractivity contribution in [3.8, 4) is 0 Å². The molecule has 17 heteroatoms. The summed E-state index contributed by atoms with van der Waals surface area (Å²) < 4.78 is 51.9. The minimum absolute atomic E-state index is 0.122. The van der Waals surface area contributed by atoms with E-state index in [1.807, 2.05) is 0 Å². The summed E-state index contributed by atoms with van der Waals surface area (Å²) in [5, 5.41) is 0. The first-order valence-electron chi connectivity index (χ1n) is 9.68. The van der Waals surface area contributed by atoms with Crippen molar-refractivity contribution in [3.05, 3.63) is 52.3 Å². The molecule has 0 spiro atoms. The van der Waals surface area contributed by atoms with Crippen LogP contribution in [0.15, 0.2) is 29.8 Å². The summed E-state index contributed by atoms with van der Waals surface area (Å²) in [7, 11) is 36.3. The summed E-state index contributed by atoms with van der Waals surface area (Å²) in [5.41, 5.74) is 2.55. The van der Waals surface area contributed by atoms with Gasteiger partial charge in [-0.1, -0.05) is 11.6 Å². The fourth-order valence-corrected chi connectivity index (χ4v) is 4.31. The standard InChI is InChI=1S/C19H9B7FNO7S/c1-33-18(30)6-3-2-5(4-7(6)27)15-14(29)16(17(28)34-15)35-36(31,32)19(25,26)8-9(20)11(22)13(24)12(23)10(8)21/h2-4,15H,28H2,1H3. The molecule has 0 amide bonds. The van der Waals surface area contributed by atoms with Gasteiger partial charge >= 0.3 is 16.1 Å². The maximum Gasteiger partial charge on any atom is 0.340 e. The molecule has 1 atom stereocenters. The predicted molar refractivity (Wildman–Crippen MR) is 134 cm³/mol. The summed E-state index contributed by atoms with van der Waals surface area (Å²) >= 11 is 0. The Labute approximate surface area is 215 Å². The van der Waals surface area contributed by atoms with Crippen LogP contribution in [0, 0.1) is 5.82 Å². The van der Waals surface area contributed by atoms with Crippen LogP contribution in [0.2, 0.25) is 0 Å². The molecule has 3 rings (SSSR count). The fourth-order valence-electron chi connectivity index (χ4n) is 3.32. The molecule has 1 aliphatic rings. The lowest BCUT2D eigenvalue weighted by molar-refractivity contribution is -0.123. The first-order chi connectivity index (χ1) is 16.6. The number of hydrogen-bond acceptors (Lipinski definition) is 8. The first-order valence-corrected chi connectivity index (χ1v) is 11.1. The van der Waals surface area contributed by atoms with Gasteiger partial charge in [-0.05, 0) is 12.1 Å². The molecule has 0 saturated heterocycles. The molecule has 8 nitrogen and oxygen atoms in total. The van der Waals surface area contributed by atoms with Crippen molar-refractivity contribution in [2.75, 3.05) is 7.11 Å². The summed E-state index contributed by atoms with van der Waals surface area (Å²) in [6.45, 7) is 0. The number of carbonyl (C=O) groups excluding carboxylic acids is 2. The third-order valence-corrected chi connectivity index (χ3v) is 6.75. The smallest absolute Gasteiger partial charge is 0.340 e. The van der Waals surface area contributed by atoms with E-state index >= 15 is 0 Å². The molecule has 36 heavy (non-hydrogen) atoms. The molecule has 0 bridgehead atoms. The lowest BCUT2D eigenvalue weighted by atomic mass is 9.53. The van der Waals surface area contributed by atoms with Gasteiger partial charge in [-0.15, -0.1) is 27.3 Å². The highest BCUT2D eigenvalue weighted by atomic mass is 32.2. The maximum absolute atomic E-state index is 14.3. The SMILES string of the molecule is [B]c1c([B])c([B])c(C([B])([B])S(=O)(=O)OC2=C(N)OC(c3ccc(C(=O)OC)c(F)c3)C2=O)c([B])c1[B]. The fraction of sp³-hybridized carbons (Fsp3) is 0.158. The molecule has 0 fully saturated rings. The van der Waals surface area contributed by atoms with Crippen LogP contribution in [0.1, 0.15) is 27.6 Å². The zero-order valence-electron chi connectivity index (χ0n) is 18.6. The van der Waals surface area contributed by atoms with Gasteiger partial charge in [0.25, 0.3) is 0 Å². The predicted octanol–water partition coefficient (Wildman–Crippen LogP) is -5.16. The highest BCUT2D eigenvalue weighted by Gasteiger charge is 2.45. The van der Waals surface area contributed by atoms with Gasteiger partial charge in [-0.3, -0.25) is 4.79 Å². The van der Waals surface area contributed by atoms with Gasteiger partial charge in [0.05, 0.1) is 32.9 Å². The Morgan fingerprint density at radius 1 is 1.06 bits per heavy atom. The second-order valence-electron chi connectivity index (χ2n) is 7.56. The third kappa shape index (κ3) is 4.38. The van der Waals surface area contributed by atoms with Crippen LogP contribution in [-0.2, 0) is 33.1 Å². The summed E-state index contributed by atoms with van der Waals surface area (Å²) in [6, 6.07) is 3.00. The van der Waals surface area contributed by atoms with E-state index in [0.717, 1.165) is 19.2 Å². The Hall–Kier alpha value is -2.95. The van der Waals surface area contributed by atoms with E-state index in [1.165, 1.54) is 6.07 Å². The van der Waals surface area contributed by atoms with Gasteiger partial charge in [0.2, 0.25) is 17.4 Å². The Bertz CT molecular complexity index is 1420. The van der Waals surface area contributed by atoms with Gasteiger partial charge < -0.3 is 19.4 Å². The zero-order chi connectivity index (χ0) is 27.3. The van der Waals surface area contributed by atoms with Crippen molar-refractivity contribution in [1.29, 1.82) is 0 Å². The second-order valence-corrected chi connectivity index (χ2v) is 9.31. The Balaban J connectivity index is 1.97. The number of halogens is 1. The first kappa shape index (κ1) is 27.6. The van der Waals surface area contributed by atoms with Crippen molar-refractivity contribution in [3.63, 3.8) is 0 Å². The van der Waals surface area contributed by atoms with Crippen LogP contribution < -0.4 is 33.0 Å². The molecule has 2 aromatic rings. The van der Waals surface area contributed by atoms with Gasteiger partial charge in [-0.2, -0.15) is 8.42 Å². The Kier molecular flexibility index (Phi) is 7.29. The molecule has 0 saturated carbocycles. The van der Waals surface area contributed by atoms with Gasteiger partial charge in [0, 0.05) is 5.56 Å². The summed E-state index contributed by atoms with van der Waals surface area (Å²) in [4.78, 5) is 24.4. The van der Waals surface area contributed by atoms with Crippen molar-refractivity contribution in [1.82, 2.24) is 0 Å². The molecule has 166 valence electrons. The van der Waals surface area contributed by atoms with E-state index in [-0.39, 0.29) is 22.0 Å². The molecular weight excluding hydrogens is 481 g/mol. The number of rotatable bonds is 6. The quantitative estimate of drug-likeness (QED) is 0.243. The minimum Gasteiger partial charge on any atom is -0.465 e. The highest BCUT2D eigenvalue weighted by molar-refractivity contribution is 7.90. The largest absolute Gasteiger partial charge is 0.465 e. The molecule has 1 unspecified atom stereocenters. The van der Waals surface area contributed by atoms with E-state index < -0.39 is 72.0 Å². The van der Waals surface area contributed by atoms with Crippen LogP contribution in [0.3, 0.4) is 0 Å². The number of methoxy groups -OCH3 is 1. The van der Waals surface area contributed by atoms with Crippen molar-refractivity contribution >= 4 is 104 Å². The van der Waals surface area contributed by atoms with Crippen LogP contribution in [-0.4, -0.2) is 82.2 Å². The minimum atomic E-state index is -5.22. The topological polar surface area (TPSA) is 122 Å². The molecule has 14 radical (unpaired) electrons. The maximum atomic E-state index is 14.3. The molecule has 2 aromatic carbocycles. The Morgan fingerprint density at radius 2 is 1.58 bits per heavy atom. The number of esters is 1. The van der Waals surface area contributed by atoms with Crippen LogP contribution in [0.5, 0.6) is 0 Å². The molecule has 1 heterocycles. The van der Waals surface area contributed by atoms with Gasteiger partial charge in [0.1, 0.15) is 45.0 Å². The number of benzene rings is 2. The average molecular weight is 490 g/mol. The van der Waals surface area contributed by atoms with Gasteiger partial charge in [-0.25, -0.2) is 9.18 Å². The van der Waals surface area contributed by atoms with Crippen molar-refractivity contribution in [2.24, 2.45) is 5.73 Å². The third-order valence-electron chi connectivity index (χ3n) is 5.33. The second kappa shape index (κ2) is 9.50. The number of carbonyl (C=O) groups is 2. The molecule has 0 aliphatic carbocycles. The normalized spacial score (nSPS) is 16.1. The van der Waals surface area contributed by atoms with E-state index in [2.05, 4.69) is 4.74 Å². The monoisotopic (exact) mass is 491 g/mol. The van der Waals surface area contributed by atoms with E-state index in [4.69, 9.17) is 69.6 Å². The van der Waals surface area contributed by atoms with Crippen LogP contribution in [0.4, 0.5) is 4.39 Å². The molecule has 2 N–H and O–H groups in total. The lowest BCUT2D eigenvalue weighted by Gasteiger charge is -2.33. The number of ketones is 1. The number of hydrogen-bond donors (Lipinski definition) is 1. The number of Topliss-reactive ketones (excluding diaryl/α,β-unsaturated/α-hetero) is 1. The lowest BCUT2D eigenvalue weighted by Crippen LogP contribution is -2.60. The Morgan fingerprint density at radius 3 is 2.08 bits per heavy atom. The summed E-state index contributed by atoms with van der Waals surface area (Å²) in [5.74, 6) is -4.92. The van der Waals surface area contributed by atoms with Crippen LogP contribution >= 0.6 is 0 Å². The highest BCUT2D eigenvalue weighted by Crippen LogP contribution is 2.35. The van der Waals surface area contributed by atoms with E-state index in [0.29, 0.717) is 0 Å². The average Bonchev–Trinajstić information content (AvgIpc) is 3.08. The number of nitrogens with two attached hydrogens (primary N) is 1. The van der Waals surface area contributed by atoms with Gasteiger partial charge in [0.15, 0.2) is 6.10 Å². The zero-order valence-corrected chi connectivity index (χ0v) is 19.4.